The van der Waals surface area contributed by atoms with Crippen LogP contribution < -0.4 is 5.56 Å². The molecule has 1 aliphatic rings. The van der Waals surface area contributed by atoms with Gasteiger partial charge in [-0.25, -0.2) is 9.97 Å². The molecule has 0 spiro atoms. The van der Waals surface area contributed by atoms with E-state index in [9.17, 15) is 4.79 Å². The maximum Gasteiger partial charge on any atom is 0.258 e. The summed E-state index contributed by atoms with van der Waals surface area (Å²) in [5, 5.41) is 4.19. The van der Waals surface area contributed by atoms with Crippen LogP contribution >= 0.6 is 0 Å². The summed E-state index contributed by atoms with van der Waals surface area (Å²) in [5.41, 5.74) is 1.49. The molecule has 0 amide bonds. The van der Waals surface area contributed by atoms with Crippen molar-refractivity contribution < 1.29 is 0 Å². The summed E-state index contributed by atoms with van der Waals surface area (Å²) in [6.07, 6.45) is 7.35. The van der Waals surface area contributed by atoms with E-state index in [1.165, 1.54) is 0 Å². The third-order valence-corrected chi connectivity index (χ3v) is 4.35. The Balaban J connectivity index is 1.56. The van der Waals surface area contributed by atoms with Gasteiger partial charge in [-0.1, -0.05) is 6.07 Å². The number of fused-ring (bicyclic) bond motifs is 1. The summed E-state index contributed by atoms with van der Waals surface area (Å²) >= 11 is 0. The van der Waals surface area contributed by atoms with Crippen molar-refractivity contribution in [2.75, 3.05) is 6.54 Å². The molecule has 118 valence electrons. The molecule has 1 fully saturated rings. The third-order valence-electron chi connectivity index (χ3n) is 4.35. The predicted molar refractivity (Wildman–Crippen MR) is 84.9 cm³/mol. The van der Waals surface area contributed by atoms with Gasteiger partial charge in [0.15, 0.2) is 0 Å². The first-order valence-corrected chi connectivity index (χ1v) is 7.83. The first-order valence-electron chi connectivity index (χ1n) is 7.83. The molecule has 0 aliphatic carbocycles. The molecule has 1 atom stereocenters. The molecule has 0 bridgehead atoms. The van der Waals surface area contributed by atoms with Crippen molar-refractivity contribution in [3.05, 3.63) is 59.2 Å². The van der Waals surface area contributed by atoms with Gasteiger partial charge in [-0.3, -0.25) is 18.8 Å². The van der Waals surface area contributed by atoms with Gasteiger partial charge in [0, 0.05) is 24.8 Å². The van der Waals surface area contributed by atoms with Crippen molar-refractivity contribution in [3.63, 3.8) is 0 Å². The van der Waals surface area contributed by atoms with Crippen LogP contribution in [0.5, 0.6) is 0 Å². The summed E-state index contributed by atoms with van der Waals surface area (Å²) in [7, 11) is 0. The fraction of sp³-hybridized carbons (Fsp3) is 0.375. The zero-order valence-corrected chi connectivity index (χ0v) is 12.7. The van der Waals surface area contributed by atoms with Crippen molar-refractivity contribution in [2.45, 2.75) is 32.0 Å². The van der Waals surface area contributed by atoms with Crippen molar-refractivity contribution in [1.82, 2.24) is 29.0 Å². The molecule has 23 heavy (non-hydrogen) atoms. The van der Waals surface area contributed by atoms with E-state index in [1.807, 2.05) is 22.9 Å². The van der Waals surface area contributed by atoms with E-state index in [-0.39, 0.29) is 5.56 Å². The molecular formula is C16H18N6O. The fourth-order valence-corrected chi connectivity index (χ4v) is 3.25. The van der Waals surface area contributed by atoms with Gasteiger partial charge in [-0.2, -0.15) is 5.10 Å². The van der Waals surface area contributed by atoms with Crippen LogP contribution in [0.3, 0.4) is 0 Å². The van der Waals surface area contributed by atoms with E-state index in [1.54, 1.807) is 29.3 Å². The first kappa shape index (κ1) is 14.1. The summed E-state index contributed by atoms with van der Waals surface area (Å²) in [6, 6.07) is 7.64. The molecule has 4 rings (SSSR count). The van der Waals surface area contributed by atoms with Gasteiger partial charge in [-0.15, -0.1) is 0 Å². The Morgan fingerprint density at radius 1 is 1.30 bits per heavy atom. The molecule has 3 aromatic rings. The maximum atomic E-state index is 12.2. The molecule has 0 N–H and O–H groups in total. The van der Waals surface area contributed by atoms with Gasteiger partial charge in [0.05, 0.1) is 12.2 Å². The number of nitrogens with zero attached hydrogens (tertiary/aromatic N) is 6. The largest absolute Gasteiger partial charge is 0.293 e. The van der Waals surface area contributed by atoms with Crippen LogP contribution in [0, 0.1) is 0 Å². The molecule has 0 radical (unpaired) electrons. The highest BCUT2D eigenvalue weighted by Crippen LogP contribution is 2.20. The van der Waals surface area contributed by atoms with Crippen LogP contribution in [0.2, 0.25) is 0 Å². The fourth-order valence-electron chi connectivity index (χ4n) is 3.25. The normalized spacial score (nSPS) is 18.7. The zero-order chi connectivity index (χ0) is 15.6. The van der Waals surface area contributed by atoms with Crippen LogP contribution in [0.15, 0.2) is 47.9 Å². The number of aromatic nitrogens is 5. The lowest BCUT2D eigenvalue weighted by Crippen LogP contribution is -2.33. The van der Waals surface area contributed by atoms with Gasteiger partial charge >= 0.3 is 0 Å². The second-order valence-electron chi connectivity index (χ2n) is 5.90. The smallest absolute Gasteiger partial charge is 0.258 e. The lowest BCUT2D eigenvalue weighted by molar-refractivity contribution is 0.216. The Morgan fingerprint density at radius 3 is 3.13 bits per heavy atom. The summed E-state index contributed by atoms with van der Waals surface area (Å²) in [4.78, 5) is 23.2. The molecular weight excluding hydrogens is 292 g/mol. The topological polar surface area (TPSA) is 68.3 Å². The number of likely N-dealkylation sites (tertiary alicyclic amines) is 1. The molecule has 7 heteroatoms. The lowest BCUT2D eigenvalue weighted by Gasteiger charge is -2.23. The molecule has 0 aromatic carbocycles. The zero-order valence-electron chi connectivity index (χ0n) is 12.7. The highest BCUT2D eigenvalue weighted by Gasteiger charge is 2.25. The van der Waals surface area contributed by atoms with E-state index in [0.29, 0.717) is 18.2 Å². The minimum Gasteiger partial charge on any atom is -0.293 e. The van der Waals surface area contributed by atoms with Gasteiger partial charge in [0.25, 0.3) is 5.56 Å². The van der Waals surface area contributed by atoms with Gasteiger partial charge in [0.1, 0.15) is 18.3 Å². The van der Waals surface area contributed by atoms with Crippen LogP contribution in [0.4, 0.5) is 0 Å². The van der Waals surface area contributed by atoms with Crippen molar-refractivity contribution >= 4 is 5.65 Å². The standard InChI is InChI=1S/C16H18N6O/c23-16-8-13(19-15-5-1-2-7-22(15)16)9-20-6-3-4-14(20)10-21-12-17-11-18-21/h1-2,5,7-8,11-12,14H,3-4,6,9-10H2/t14-/m0/s1. The molecule has 4 heterocycles. The molecule has 1 saturated heterocycles. The molecule has 0 saturated carbocycles. The minimum absolute atomic E-state index is 0.0300. The highest BCUT2D eigenvalue weighted by atomic mass is 16.1. The van der Waals surface area contributed by atoms with Crippen molar-refractivity contribution in [1.29, 1.82) is 0 Å². The predicted octanol–water partition coefficient (Wildman–Crippen LogP) is 0.951. The number of pyridine rings is 1. The average molecular weight is 310 g/mol. The van der Waals surface area contributed by atoms with E-state index < -0.39 is 0 Å². The number of rotatable bonds is 4. The maximum absolute atomic E-state index is 12.2. The summed E-state index contributed by atoms with van der Waals surface area (Å²) in [6.45, 7) is 2.54. The Hall–Kier alpha value is -2.54. The Bertz CT molecular complexity index is 856. The molecule has 0 unspecified atom stereocenters. The second kappa shape index (κ2) is 5.92. The van der Waals surface area contributed by atoms with Crippen LogP contribution in [-0.2, 0) is 13.1 Å². The van der Waals surface area contributed by atoms with Crippen LogP contribution in [0.25, 0.3) is 5.65 Å². The van der Waals surface area contributed by atoms with E-state index in [0.717, 1.165) is 31.6 Å². The van der Waals surface area contributed by atoms with Gasteiger partial charge < -0.3 is 0 Å². The van der Waals surface area contributed by atoms with Gasteiger partial charge in [-0.05, 0) is 31.5 Å². The second-order valence-corrected chi connectivity index (χ2v) is 5.90. The minimum atomic E-state index is -0.0300. The van der Waals surface area contributed by atoms with E-state index in [2.05, 4.69) is 20.0 Å². The van der Waals surface area contributed by atoms with E-state index in [4.69, 9.17) is 0 Å². The SMILES string of the molecule is O=c1cc(CN2CCC[C@H]2Cn2cncn2)nc2ccccn12. The van der Waals surface area contributed by atoms with Crippen molar-refractivity contribution in [3.8, 4) is 0 Å². The Morgan fingerprint density at radius 2 is 2.26 bits per heavy atom. The quantitative estimate of drug-likeness (QED) is 0.718. The summed E-state index contributed by atoms with van der Waals surface area (Å²) < 4.78 is 3.44. The average Bonchev–Trinajstić information content (AvgIpc) is 3.21. The van der Waals surface area contributed by atoms with Crippen molar-refractivity contribution in [2.24, 2.45) is 0 Å². The number of hydrogen-bond acceptors (Lipinski definition) is 5. The third kappa shape index (κ3) is 2.87. The highest BCUT2D eigenvalue weighted by molar-refractivity contribution is 5.37. The summed E-state index contributed by atoms with van der Waals surface area (Å²) in [5.74, 6) is 0. The monoisotopic (exact) mass is 310 g/mol. The molecule has 3 aromatic heterocycles. The van der Waals surface area contributed by atoms with Gasteiger partial charge in [0.2, 0.25) is 0 Å². The van der Waals surface area contributed by atoms with Crippen LogP contribution in [0.1, 0.15) is 18.5 Å². The lowest BCUT2D eigenvalue weighted by atomic mass is 10.2. The Labute approximate surface area is 133 Å². The van der Waals surface area contributed by atoms with E-state index >= 15 is 0 Å². The first-order chi connectivity index (χ1) is 11.3. The molecule has 7 nitrogen and oxygen atoms in total. The molecule has 1 aliphatic heterocycles. The number of hydrogen-bond donors (Lipinski definition) is 0. The Kier molecular flexibility index (Phi) is 3.63. The van der Waals surface area contributed by atoms with Crippen LogP contribution in [-0.4, -0.2) is 41.6 Å².